The van der Waals surface area contributed by atoms with E-state index in [9.17, 15) is 50.5 Å². The van der Waals surface area contributed by atoms with E-state index in [2.05, 4.69) is 46.0 Å². The summed E-state index contributed by atoms with van der Waals surface area (Å²) in [6.45, 7) is 1.18. The van der Waals surface area contributed by atoms with Crippen molar-refractivity contribution >= 4 is 48.1 Å². The van der Waals surface area contributed by atoms with Gasteiger partial charge in [0.1, 0.15) is 81.3 Å². The first-order valence-corrected chi connectivity index (χ1v) is 37.6. The predicted octanol–water partition coefficient (Wildman–Crippen LogP) is 9.60. The van der Waals surface area contributed by atoms with E-state index in [0.717, 1.165) is 27.7 Å². The van der Waals surface area contributed by atoms with Crippen LogP contribution in [0, 0.1) is 0 Å². The Morgan fingerprint density at radius 3 is 1.55 bits per heavy atom. The first-order valence-electron chi connectivity index (χ1n) is 37.6. The Morgan fingerprint density at radius 2 is 0.991 bits per heavy atom. The zero-order chi connectivity index (χ0) is 83.0. The lowest BCUT2D eigenvalue weighted by Crippen LogP contribution is -2.74. The van der Waals surface area contributed by atoms with Crippen molar-refractivity contribution in [2.75, 3.05) is 26.2 Å². The van der Waals surface area contributed by atoms with Crippen LogP contribution >= 0.6 is 0 Å². The lowest BCUT2D eigenvalue weighted by molar-refractivity contribution is -0.302. The van der Waals surface area contributed by atoms with Gasteiger partial charge in [-0.05, 0) is 62.8 Å². The molecular formula is C80H91N13O24. The van der Waals surface area contributed by atoms with E-state index >= 15 is 9.59 Å². The fourth-order valence-corrected chi connectivity index (χ4v) is 13.7. The Balaban J connectivity index is 1.10. The lowest BCUT2D eigenvalue weighted by atomic mass is 9.80. The maximum Gasteiger partial charge on any atom is 0.410 e. The normalized spacial score (nSPS) is 25.4. The molecule has 3 aliphatic heterocycles. The van der Waals surface area contributed by atoms with E-state index in [1.54, 1.807) is 158 Å². The fourth-order valence-electron chi connectivity index (χ4n) is 13.7. The predicted molar refractivity (Wildman–Crippen MR) is 407 cm³/mol. The van der Waals surface area contributed by atoms with E-state index in [1.165, 1.54) is 4.90 Å². The van der Waals surface area contributed by atoms with Gasteiger partial charge in [0.05, 0.1) is 50.5 Å². The van der Waals surface area contributed by atoms with Crippen LogP contribution in [0.2, 0.25) is 0 Å². The van der Waals surface area contributed by atoms with Crippen LogP contribution in [-0.2, 0) is 135 Å². The van der Waals surface area contributed by atoms with Gasteiger partial charge in [-0.15, -0.1) is 0 Å². The number of aliphatic hydroxyl groups is 1. The van der Waals surface area contributed by atoms with Gasteiger partial charge in [0.2, 0.25) is 5.91 Å². The lowest BCUT2D eigenvalue weighted by Gasteiger charge is -2.51. The van der Waals surface area contributed by atoms with Gasteiger partial charge in [0.15, 0.2) is 37.2 Å². The molecule has 0 aromatic heterocycles. The number of carbonyl (C=O) groups is 8. The van der Waals surface area contributed by atoms with Gasteiger partial charge in [-0.1, -0.05) is 197 Å². The molecule has 4 fully saturated rings. The number of ether oxygens (including phenoxy) is 15. The molecule has 117 heavy (non-hydrogen) atoms. The molecule has 4 N–H and O–H groups in total. The van der Waals surface area contributed by atoms with Crippen LogP contribution < -0.4 is 16.0 Å². The molecule has 6 aromatic carbocycles. The minimum absolute atomic E-state index is 0.00686. The van der Waals surface area contributed by atoms with Gasteiger partial charge >= 0.3 is 42.2 Å². The number of nitrogens with one attached hydrogen (secondary N) is 3. The van der Waals surface area contributed by atoms with Crippen LogP contribution in [0.15, 0.2) is 197 Å². The second kappa shape index (κ2) is 44.8. The van der Waals surface area contributed by atoms with Gasteiger partial charge < -0.3 is 97.0 Å². The molecule has 620 valence electrons. The summed E-state index contributed by atoms with van der Waals surface area (Å²) < 4.78 is 94.3. The number of alkyl carbamates (subject to hydrolysis) is 2. The van der Waals surface area contributed by atoms with Gasteiger partial charge in [-0.2, -0.15) is 0 Å². The summed E-state index contributed by atoms with van der Waals surface area (Å²) in [6, 6.07) is 46.1. The van der Waals surface area contributed by atoms with Crippen LogP contribution in [0.5, 0.6) is 0 Å². The largest absolute Gasteiger partial charge is 0.463 e. The maximum atomic E-state index is 15.7. The molecule has 0 unspecified atom stereocenters. The smallest absolute Gasteiger partial charge is 0.410 e. The van der Waals surface area contributed by atoms with Crippen LogP contribution in [-0.4, -0.2) is 201 Å². The average Bonchev–Trinajstić information content (AvgIpc) is 1.34. The molecule has 37 nitrogen and oxygen atoms in total. The number of esters is 4. The zero-order valence-electron chi connectivity index (χ0n) is 64.3. The maximum absolute atomic E-state index is 15.7. The minimum atomic E-state index is -2.23. The summed E-state index contributed by atoms with van der Waals surface area (Å²) in [7, 11) is 0. The third kappa shape index (κ3) is 26.3. The van der Waals surface area contributed by atoms with Gasteiger partial charge in [-0.25, -0.2) is 14.4 Å². The molecule has 0 bridgehead atoms. The van der Waals surface area contributed by atoms with Gasteiger partial charge in [0.25, 0.3) is 0 Å². The van der Waals surface area contributed by atoms with E-state index in [1.807, 2.05) is 24.3 Å². The Labute approximate surface area is 671 Å². The number of hydrogen-bond donors (Lipinski definition) is 4. The van der Waals surface area contributed by atoms with Crippen molar-refractivity contribution < 1.29 is 115 Å². The first kappa shape index (κ1) is 87.4. The summed E-state index contributed by atoms with van der Waals surface area (Å²) in [4.78, 5) is 121. The molecule has 3 saturated heterocycles. The quantitative estimate of drug-likeness (QED) is 0.00926. The molecule has 4 aliphatic rings. The standard InChI is InChI=1S/C80H91N13O24/c1-48(94)103-47-62-68(115-76-65(89-92-83)71(110-50(3)96)67(109-49(2)95)61(113-76)39-85-90-81)73(111-51(4)97)77(114-62)117-72-66(98)63(86-74(99)60(104-42-53-25-13-6-14-26-53)37-38-84-78(100)106-44-55-29-17-8-18-30-55)69(105-43-54-27-15-7-16-28-54)64(87-79(101)107-45-56-31-19-9-20-32-56)70(72)116-75-59(88-91-82)36-35-58(112-75)41-93(40-52-23-11-5-12-24-52)80(102)108-46-57-33-21-10-22-34-57/h5-34,58-73,75-77,98H,35-47H2,1-4H3,(H,84,100)(H,86,99)(H,87,101)/t58-,59+,60-,61-,62+,63-,64-,65+,66-,67+,68+,69+,70+,71+,72+,73+,75+,76+,77-/m0/s1. The molecule has 4 amide bonds. The molecular weight excluding hydrogens is 1530 g/mol. The number of amides is 4. The van der Waals surface area contributed by atoms with E-state index in [4.69, 9.17) is 71.1 Å². The number of rotatable bonds is 37. The van der Waals surface area contributed by atoms with Crippen LogP contribution in [0.1, 0.15) is 80.3 Å². The van der Waals surface area contributed by atoms with Crippen molar-refractivity contribution in [1.82, 2.24) is 20.9 Å². The number of carbonyl (C=O) groups excluding carboxylic acids is 8. The number of benzene rings is 6. The first-order chi connectivity index (χ1) is 56.7. The van der Waals surface area contributed by atoms with Crippen molar-refractivity contribution in [3.8, 4) is 0 Å². The highest BCUT2D eigenvalue weighted by atomic mass is 16.8. The van der Waals surface area contributed by atoms with Crippen LogP contribution in [0.25, 0.3) is 31.3 Å². The Kier molecular flexibility index (Phi) is 33.5. The molecule has 0 spiro atoms. The van der Waals surface area contributed by atoms with Crippen molar-refractivity contribution in [2.24, 2.45) is 15.3 Å². The molecule has 1 aliphatic carbocycles. The van der Waals surface area contributed by atoms with Gasteiger partial charge in [0, 0.05) is 61.9 Å². The number of aliphatic hydroxyl groups excluding tert-OH is 1. The Morgan fingerprint density at radius 1 is 0.487 bits per heavy atom. The summed E-state index contributed by atoms with van der Waals surface area (Å²) >= 11 is 0. The monoisotopic (exact) mass is 1620 g/mol. The summed E-state index contributed by atoms with van der Waals surface area (Å²) in [6.07, 6.45) is -29.8. The van der Waals surface area contributed by atoms with Gasteiger partial charge in [-0.3, -0.25) is 24.0 Å². The van der Waals surface area contributed by atoms with Crippen LogP contribution in [0.3, 0.4) is 0 Å². The highest BCUT2D eigenvalue weighted by Crippen LogP contribution is 2.40. The van der Waals surface area contributed by atoms with E-state index in [0.29, 0.717) is 33.4 Å². The average molecular weight is 1620 g/mol. The summed E-state index contributed by atoms with van der Waals surface area (Å²) in [5.74, 6) is -4.82. The summed E-state index contributed by atoms with van der Waals surface area (Å²) in [5.41, 5.74) is 33.9. The van der Waals surface area contributed by atoms with Crippen molar-refractivity contribution in [1.29, 1.82) is 0 Å². The molecule has 0 radical (unpaired) electrons. The number of azide groups is 3. The molecule has 6 aromatic rings. The molecule has 19 atom stereocenters. The third-order valence-corrected chi connectivity index (χ3v) is 19.0. The third-order valence-electron chi connectivity index (χ3n) is 19.0. The zero-order valence-corrected chi connectivity index (χ0v) is 64.3. The minimum Gasteiger partial charge on any atom is -0.463 e. The van der Waals surface area contributed by atoms with E-state index in [-0.39, 0.29) is 71.9 Å². The van der Waals surface area contributed by atoms with E-state index < -0.39 is 178 Å². The second-order valence-electron chi connectivity index (χ2n) is 27.5. The molecule has 37 heteroatoms. The number of hydrogen-bond acceptors (Lipinski definition) is 27. The molecule has 3 heterocycles. The highest BCUT2D eigenvalue weighted by Gasteiger charge is 2.60. The van der Waals surface area contributed by atoms with Crippen LogP contribution in [0.4, 0.5) is 14.4 Å². The van der Waals surface area contributed by atoms with Crippen molar-refractivity contribution in [3.63, 3.8) is 0 Å². The fraction of sp³-hybridized carbons (Fsp3) is 0.450. The second-order valence-corrected chi connectivity index (χ2v) is 27.5. The molecule has 10 rings (SSSR count). The Hall–Kier alpha value is -11.9. The van der Waals surface area contributed by atoms with Crippen molar-refractivity contribution in [3.05, 3.63) is 247 Å². The highest BCUT2D eigenvalue weighted by molar-refractivity contribution is 5.81. The van der Waals surface area contributed by atoms with Crippen molar-refractivity contribution in [2.45, 2.75) is 203 Å². The molecule has 1 saturated carbocycles. The SMILES string of the molecule is CC(=O)OC[C@H]1O[C@@H](O[C@@H]2[C@@H](O)[C@H](NC(=O)[C@H](CCNC(=O)OCc3ccccc3)OCc3ccccc3)[C@@H](OCc3ccccc3)[C@H](NC(=O)OCc3ccccc3)[C@H]2O[C@H]2O[C@H](CN(Cc3ccccc3)C(=O)OCc3ccccc3)CC[C@H]2N=[N+]=[N-])[C@H](OC(C)=O)[C@@H]1O[C@H]1O[C@@H](CN=[N+]=[N-])[C@@H](OC(C)=O)[C@H](OC(C)=O)[C@H]1N=[N+]=[N-]. The number of nitrogens with zero attached hydrogens (tertiary/aromatic N) is 10. The topological polar surface area (TPSA) is 481 Å². The Bertz CT molecular complexity index is 4370. The summed E-state index contributed by atoms with van der Waals surface area (Å²) in [5, 5.41) is 34.0.